The van der Waals surface area contributed by atoms with E-state index in [-0.39, 0.29) is 18.5 Å². The SMILES string of the molecule is O=C(COC(=O)[C@@H]1CC(=O)N(NC(=O)C(c2ccccc2)c2ccccc2)C1)NNC(=O)c1ccc(Cl)cc1. The van der Waals surface area contributed by atoms with Crippen LogP contribution in [0.5, 0.6) is 0 Å². The predicted octanol–water partition coefficient (Wildman–Crippen LogP) is 2.36. The van der Waals surface area contributed by atoms with Gasteiger partial charge in [0.1, 0.15) is 0 Å². The van der Waals surface area contributed by atoms with Gasteiger partial charge in [-0.1, -0.05) is 72.3 Å². The van der Waals surface area contributed by atoms with E-state index in [1.54, 1.807) is 0 Å². The lowest BCUT2D eigenvalue weighted by Gasteiger charge is -2.23. The van der Waals surface area contributed by atoms with Crippen LogP contribution in [0.1, 0.15) is 33.8 Å². The van der Waals surface area contributed by atoms with E-state index in [1.807, 2.05) is 60.7 Å². The van der Waals surface area contributed by atoms with Crippen LogP contribution < -0.4 is 16.3 Å². The molecule has 0 aliphatic carbocycles. The van der Waals surface area contributed by atoms with Crippen LogP contribution in [0.25, 0.3) is 0 Å². The summed E-state index contributed by atoms with van der Waals surface area (Å²) in [4.78, 5) is 62.4. The summed E-state index contributed by atoms with van der Waals surface area (Å²) in [7, 11) is 0. The molecule has 3 aromatic carbocycles. The predicted molar refractivity (Wildman–Crippen MR) is 141 cm³/mol. The smallest absolute Gasteiger partial charge is 0.311 e. The summed E-state index contributed by atoms with van der Waals surface area (Å²) < 4.78 is 5.02. The summed E-state index contributed by atoms with van der Waals surface area (Å²) in [6.07, 6.45) is -0.185. The Morgan fingerprint density at radius 2 is 1.46 bits per heavy atom. The van der Waals surface area contributed by atoms with Gasteiger partial charge in [-0.2, -0.15) is 0 Å². The number of halogens is 1. The van der Waals surface area contributed by atoms with E-state index in [2.05, 4.69) is 16.3 Å². The van der Waals surface area contributed by atoms with Crippen molar-refractivity contribution >= 4 is 41.2 Å². The van der Waals surface area contributed by atoms with Crippen LogP contribution in [-0.4, -0.2) is 47.8 Å². The fourth-order valence-corrected chi connectivity index (χ4v) is 4.17. The molecule has 1 aliphatic heterocycles. The first kappa shape index (κ1) is 27.3. The molecule has 0 radical (unpaired) electrons. The minimum absolute atomic E-state index is 0.103. The fraction of sp³-hybridized carbons (Fsp3) is 0.179. The second-order valence-corrected chi connectivity index (χ2v) is 9.19. The first-order valence-corrected chi connectivity index (χ1v) is 12.4. The van der Waals surface area contributed by atoms with Crippen molar-refractivity contribution in [2.75, 3.05) is 13.2 Å². The molecule has 0 spiro atoms. The Labute approximate surface area is 229 Å². The highest BCUT2D eigenvalue weighted by molar-refractivity contribution is 6.30. The molecule has 1 heterocycles. The minimum Gasteiger partial charge on any atom is -0.455 e. The Balaban J connectivity index is 1.28. The summed E-state index contributed by atoms with van der Waals surface area (Å²) in [6, 6.07) is 24.3. The molecule has 1 atom stereocenters. The van der Waals surface area contributed by atoms with Crippen LogP contribution in [0.15, 0.2) is 84.9 Å². The van der Waals surface area contributed by atoms with Gasteiger partial charge in [0, 0.05) is 17.0 Å². The van der Waals surface area contributed by atoms with Crippen LogP contribution >= 0.6 is 11.6 Å². The van der Waals surface area contributed by atoms with Gasteiger partial charge < -0.3 is 4.74 Å². The van der Waals surface area contributed by atoms with Crippen molar-refractivity contribution in [3.05, 3.63) is 107 Å². The second kappa shape index (κ2) is 12.7. The molecule has 4 rings (SSSR count). The van der Waals surface area contributed by atoms with Gasteiger partial charge in [-0.15, -0.1) is 0 Å². The number of rotatable bonds is 8. The molecule has 0 aromatic heterocycles. The van der Waals surface area contributed by atoms with Gasteiger partial charge >= 0.3 is 5.97 Å². The molecule has 11 heteroatoms. The Morgan fingerprint density at radius 1 is 0.872 bits per heavy atom. The van der Waals surface area contributed by atoms with Crippen molar-refractivity contribution in [2.24, 2.45) is 5.92 Å². The fourth-order valence-electron chi connectivity index (χ4n) is 4.05. The molecule has 10 nitrogen and oxygen atoms in total. The second-order valence-electron chi connectivity index (χ2n) is 8.75. The van der Waals surface area contributed by atoms with E-state index in [4.69, 9.17) is 16.3 Å². The lowest BCUT2D eigenvalue weighted by molar-refractivity contribution is -0.152. The maximum atomic E-state index is 13.3. The first-order valence-electron chi connectivity index (χ1n) is 12.0. The summed E-state index contributed by atoms with van der Waals surface area (Å²) in [5.41, 5.74) is 8.74. The maximum absolute atomic E-state index is 13.3. The van der Waals surface area contributed by atoms with Gasteiger partial charge in [0.25, 0.3) is 17.7 Å². The molecule has 4 amide bonds. The normalized spacial score (nSPS) is 14.6. The number of nitrogens with one attached hydrogen (secondary N) is 3. The zero-order chi connectivity index (χ0) is 27.8. The summed E-state index contributed by atoms with van der Waals surface area (Å²) in [6.45, 7) is -0.768. The van der Waals surface area contributed by atoms with Gasteiger partial charge in [0.15, 0.2) is 6.61 Å². The average molecular weight is 549 g/mol. The number of hydrazine groups is 2. The maximum Gasteiger partial charge on any atom is 0.311 e. The molecule has 0 bridgehead atoms. The van der Waals surface area contributed by atoms with Gasteiger partial charge in [0.2, 0.25) is 5.91 Å². The van der Waals surface area contributed by atoms with Crippen molar-refractivity contribution in [1.82, 2.24) is 21.3 Å². The molecule has 200 valence electrons. The lowest BCUT2D eigenvalue weighted by atomic mass is 9.91. The van der Waals surface area contributed by atoms with Crippen LogP contribution in [-0.2, 0) is 23.9 Å². The van der Waals surface area contributed by atoms with Crippen molar-refractivity contribution in [3.8, 4) is 0 Å². The summed E-state index contributed by atoms with van der Waals surface area (Å²) in [5, 5.41) is 1.55. The third-order valence-electron chi connectivity index (χ3n) is 6.00. The minimum atomic E-state index is -0.874. The highest BCUT2D eigenvalue weighted by Gasteiger charge is 2.37. The number of hydrogen-bond acceptors (Lipinski definition) is 6. The van der Waals surface area contributed by atoms with E-state index < -0.39 is 48.0 Å². The third kappa shape index (κ3) is 7.20. The number of benzene rings is 3. The number of nitrogens with zero attached hydrogens (tertiary/aromatic N) is 1. The van der Waals surface area contributed by atoms with Crippen LogP contribution in [0.3, 0.4) is 0 Å². The molecule has 1 saturated heterocycles. The average Bonchev–Trinajstić information content (AvgIpc) is 3.31. The number of hydrogen-bond donors (Lipinski definition) is 3. The van der Waals surface area contributed by atoms with E-state index in [1.165, 1.54) is 24.3 Å². The van der Waals surface area contributed by atoms with Crippen molar-refractivity contribution < 1.29 is 28.7 Å². The number of esters is 1. The third-order valence-corrected chi connectivity index (χ3v) is 6.25. The molecule has 0 saturated carbocycles. The van der Waals surface area contributed by atoms with E-state index in [0.717, 1.165) is 16.1 Å². The Kier molecular flexibility index (Phi) is 8.90. The highest BCUT2D eigenvalue weighted by Crippen LogP contribution is 2.26. The number of amides is 4. The quantitative estimate of drug-likeness (QED) is 0.292. The number of carbonyl (C=O) groups excluding carboxylic acids is 5. The molecule has 0 unspecified atom stereocenters. The van der Waals surface area contributed by atoms with Crippen molar-refractivity contribution in [2.45, 2.75) is 12.3 Å². The van der Waals surface area contributed by atoms with Crippen LogP contribution in [0, 0.1) is 5.92 Å². The number of carbonyl (C=O) groups is 5. The summed E-state index contributed by atoms with van der Waals surface area (Å²) in [5.74, 6) is -4.55. The first-order chi connectivity index (χ1) is 18.8. The standard InChI is InChI=1S/C28H25ClN4O6/c29-22-13-11-20(12-14-22)26(36)31-30-23(34)17-39-28(38)21-15-24(35)33(16-21)32-27(37)25(18-7-3-1-4-8-18)19-9-5-2-6-10-19/h1-14,21,25H,15-17H2,(H,30,34)(H,31,36)(H,32,37)/t21-/m1/s1. The van der Waals surface area contributed by atoms with E-state index >= 15 is 0 Å². The van der Waals surface area contributed by atoms with Crippen molar-refractivity contribution in [3.63, 3.8) is 0 Å². The van der Waals surface area contributed by atoms with Crippen LogP contribution in [0.4, 0.5) is 0 Å². The lowest BCUT2D eigenvalue weighted by Crippen LogP contribution is -2.46. The Morgan fingerprint density at radius 3 is 2.05 bits per heavy atom. The zero-order valence-corrected chi connectivity index (χ0v) is 21.4. The van der Waals surface area contributed by atoms with Gasteiger partial charge in [-0.05, 0) is 35.4 Å². The molecule has 39 heavy (non-hydrogen) atoms. The Bertz CT molecular complexity index is 1310. The highest BCUT2D eigenvalue weighted by atomic mass is 35.5. The monoisotopic (exact) mass is 548 g/mol. The molecular weight excluding hydrogens is 524 g/mol. The molecule has 3 aromatic rings. The van der Waals surface area contributed by atoms with E-state index in [0.29, 0.717) is 5.02 Å². The topological polar surface area (TPSA) is 134 Å². The zero-order valence-electron chi connectivity index (χ0n) is 20.6. The molecular formula is C28H25ClN4O6. The molecule has 1 aliphatic rings. The van der Waals surface area contributed by atoms with Gasteiger partial charge in [-0.3, -0.25) is 45.3 Å². The van der Waals surface area contributed by atoms with Crippen molar-refractivity contribution in [1.29, 1.82) is 0 Å². The Hall–Kier alpha value is -4.70. The van der Waals surface area contributed by atoms with Gasteiger partial charge in [-0.25, -0.2) is 0 Å². The van der Waals surface area contributed by atoms with Gasteiger partial charge in [0.05, 0.1) is 18.4 Å². The van der Waals surface area contributed by atoms with Crippen LogP contribution in [0.2, 0.25) is 5.02 Å². The number of ether oxygens (including phenoxy) is 1. The van der Waals surface area contributed by atoms with E-state index in [9.17, 15) is 24.0 Å². The largest absolute Gasteiger partial charge is 0.455 e. The summed E-state index contributed by atoms with van der Waals surface area (Å²) >= 11 is 5.78. The molecule has 3 N–H and O–H groups in total. The molecule has 1 fully saturated rings.